The van der Waals surface area contributed by atoms with Gasteiger partial charge in [-0.1, -0.05) is 29.3 Å². The summed E-state index contributed by atoms with van der Waals surface area (Å²) in [7, 11) is 4.15. The van der Waals surface area contributed by atoms with E-state index < -0.39 is 0 Å². The summed E-state index contributed by atoms with van der Waals surface area (Å²) in [6.07, 6.45) is 1.04. The maximum Gasteiger partial charge on any atom is 0.173 e. The molecule has 24 heavy (non-hydrogen) atoms. The predicted octanol–water partition coefficient (Wildman–Crippen LogP) is 5.21. The average Bonchev–Trinajstić information content (AvgIpc) is 3.01. The van der Waals surface area contributed by atoms with Gasteiger partial charge in [-0.05, 0) is 68.9 Å². The molecule has 0 spiro atoms. The number of nitrogens with one attached hydrogen (secondary N) is 1. The standard InChI is InChI=1S/C17H21Cl2N3S2/c1-21(2)8-4-9-22(12-14-5-3-10-24-14)17(23)20-16-7-6-13(18)11-15(16)19/h3,5-7,10-11H,4,8-9,12H2,1-2H3,(H,20,23). The number of thiophene rings is 1. The van der Waals surface area contributed by atoms with Crippen molar-refractivity contribution in [1.29, 1.82) is 0 Å². The molecule has 0 atom stereocenters. The summed E-state index contributed by atoms with van der Waals surface area (Å²) in [5.41, 5.74) is 0.773. The Balaban J connectivity index is 2.04. The lowest BCUT2D eigenvalue weighted by atomic mass is 10.3. The summed E-state index contributed by atoms with van der Waals surface area (Å²) in [4.78, 5) is 5.64. The third-order valence-corrected chi connectivity index (χ3v) is 5.19. The SMILES string of the molecule is CN(C)CCCN(Cc1cccs1)C(=S)Nc1ccc(Cl)cc1Cl. The molecule has 2 aromatic rings. The van der Waals surface area contributed by atoms with Gasteiger partial charge in [-0.3, -0.25) is 0 Å². The summed E-state index contributed by atoms with van der Waals surface area (Å²) in [5, 5.41) is 7.17. The molecule has 0 fully saturated rings. The van der Waals surface area contributed by atoms with E-state index in [1.54, 1.807) is 23.5 Å². The molecule has 0 amide bonds. The largest absolute Gasteiger partial charge is 0.344 e. The van der Waals surface area contributed by atoms with Gasteiger partial charge in [0.05, 0.1) is 17.3 Å². The molecule has 0 saturated heterocycles. The molecule has 0 bridgehead atoms. The van der Waals surface area contributed by atoms with Crippen LogP contribution < -0.4 is 5.32 Å². The van der Waals surface area contributed by atoms with E-state index in [0.29, 0.717) is 15.2 Å². The molecular formula is C17H21Cl2N3S2. The molecule has 1 N–H and O–H groups in total. The van der Waals surface area contributed by atoms with Gasteiger partial charge in [0.15, 0.2) is 5.11 Å². The number of anilines is 1. The normalized spacial score (nSPS) is 10.9. The van der Waals surface area contributed by atoms with E-state index in [2.05, 4.69) is 46.7 Å². The highest BCUT2D eigenvalue weighted by Gasteiger charge is 2.13. The molecule has 0 aliphatic heterocycles. The maximum absolute atomic E-state index is 6.24. The van der Waals surface area contributed by atoms with Crippen LogP contribution in [0.25, 0.3) is 0 Å². The number of thiocarbonyl (C=S) groups is 1. The third-order valence-electron chi connectivity index (χ3n) is 3.42. The zero-order chi connectivity index (χ0) is 17.5. The van der Waals surface area contributed by atoms with E-state index in [1.807, 2.05) is 6.07 Å². The van der Waals surface area contributed by atoms with Crippen LogP contribution in [0.5, 0.6) is 0 Å². The fourth-order valence-electron chi connectivity index (χ4n) is 2.21. The van der Waals surface area contributed by atoms with E-state index in [0.717, 1.165) is 31.7 Å². The quantitative estimate of drug-likeness (QED) is 0.641. The van der Waals surface area contributed by atoms with Gasteiger partial charge in [0, 0.05) is 16.4 Å². The van der Waals surface area contributed by atoms with Crippen molar-refractivity contribution in [2.45, 2.75) is 13.0 Å². The lowest BCUT2D eigenvalue weighted by molar-refractivity contribution is 0.347. The number of hydrogen-bond donors (Lipinski definition) is 1. The van der Waals surface area contributed by atoms with Gasteiger partial charge in [0.1, 0.15) is 0 Å². The van der Waals surface area contributed by atoms with Crippen LogP contribution in [-0.4, -0.2) is 42.1 Å². The number of benzene rings is 1. The molecule has 2 rings (SSSR count). The Bertz CT molecular complexity index is 660. The molecule has 1 aromatic heterocycles. The van der Waals surface area contributed by atoms with Crippen molar-refractivity contribution >= 4 is 57.6 Å². The highest BCUT2D eigenvalue weighted by atomic mass is 35.5. The fourth-order valence-corrected chi connectivity index (χ4v) is 3.65. The highest BCUT2D eigenvalue weighted by Crippen LogP contribution is 2.26. The average molecular weight is 402 g/mol. The Labute approximate surface area is 163 Å². The van der Waals surface area contributed by atoms with Crippen LogP contribution in [0.3, 0.4) is 0 Å². The molecule has 0 aliphatic rings. The predicted molar refractivity (Wildman–Crippen MR) is 111 cm³/mol. The first kappa shape index (κ1) is 19.5. The van der Waals surface area contributed by atoms with Crippen molar-refractivity contribution < 1.29 is 0 Å². The van der Waals surface area contributed by atoms with Gasteiger partial charge in [0.2, 0.25) is 0 Å². The third kappa shape index (κ3) is 6.22. The minimum Gasteiger partial charge on any atom is -0.344 e. The van der Waals surface area contributed by atoms with Crippen LogP contribution in [0.15, 0.2) is 35.7 Å². The fraction of sp³-hybridized carbons (Fsp3) is 0.353. The molecule has 0 unspecified atom stereocenters. The first-order chi connectivity index (χ1) is 11.5. The topological polar surface area (TPSA) is 18.5 Å². The monoisotopic (exact) mass is 401 g/mol. The van der Waals surface area contributed by atoms with Crippen molar-refractivity contribution in [2.75, 3.05) is 32.5 Å². The van der Waals surface area contributed by atoms with Crippen LogP contribution in [0.1, 0.15) is 11.3 Å². The van der Waals surface area contributed by atoms with E-state index in [-0.39, 0.29) is 0 Å². The lowest BCUT2D eigenvalue weighted by Crippen LogP contribution is -2.36. The van der Waals surface area contributed by atoms with Crippen molar-refractivity contribution in [3.8, 4) is 0 Å². The summed E-state index contributed by atoms with van der Waals surface area (Å²) in [6, 6.07) is 9.55. The molecular weight excluding hydrogens is 381 g/mol. The van der Waals surface area contributed by atoms with Crippen LogP contribution in [-0.2, 0) is 6.54 Å². The molecule has 1 heterocycles. The Kier molecular flexibility index (Phi) is 7.78. The van der Waals surface area contributed by atoms with Crippen LogP contribution in [0.2, 0.25) is 10.0 Å². The minimum atomic E-state index is 0.564. The maximum atomic E-state index is 6.24. The Hall–Kier alpha value is -0.850. The molecule has 7 heteroatoms. The van der Waals surface area contributed by atoms with Crippen LogP contribution >= 0.6 is 46.8 Å². The highest BCUT2D eigenvalue weighted by molar-refractivity contribution is 7.80. The molecule has 0 radical (unpaired) electrons. The van der Waals surface area contributed by atoms with Gasteiger partial charge in [-0.2, -0.15) is 0 Å². The summed E-state index contributed by atoms with van der Waals surface area (Å²) in [6.45, 7) is 2.69. The lowest BCUT2D eigenvalue weighted by Gasteiger charge is -2.26. The second-order valence-electron chi connectivity index (χ2n) is 5.71. The first-order valence-electron chi connectivity index (χ1n) is 7.64. The molecule has 130 valence electrons. The second-order valence-corrected chi connectivity index (χ2v) is 7.97. The summed E-state index contributed by atoms with van der Waals surface area (Å²) >= 11 is 19.5. The second kappa shape index (κ2) is 9.59. The zero-order valence-electron chi connectivity index (χ0n) is 13.8. The van der Waals surface area contributed by atoms with E-state index in [9.17, 15) is 0 Å². The van der Waals surface area contributed by atoms with Gasteiger partial charge < -0.3 is 15.1 Å². The van der Waals surface area contributed by atoms with E-state index >= 15 is 0 Å². The van der Waals surface area contributed by atoms with Crippen LogP contribution in [0.4, 0.5) is 5.69 Å². The van der Waals surface area contributed by atoms with Crippen molar-refractivity contribution in [3.05, 3.63) is 50.6 Å². The Morgan fingerprint density at radius 3 is 2.62 bits per heavy atom. The van der Waals surface area contributed by atoms with Gasteiger partial charge >= 0.3 is 0 Å². The van der Waals surface area contributed by atoms with E-state index in [1.165, 1.54) is 4.88 Å². The Morgan fingerprint density at radius 1 is 1.21 bits per heavy atom. The molecule has 1 aromatic carbocycles. The number of nitrogens with zero attached hydrogens (tertiary/aromatic N) is 2. The number of hydrogen-bond acceptors (Lipinski definition) is 3. The first-order valence-corrected chi connectivity index (χ1v) is 9.68. The zero-order valence-corrected chi connectivity index (χ0v) is 16.9. The molecule has 0 saturated carbocycles. The van der Waals surface area contributed by atoms with Crippen molar-refractivity contribution in [1.82, 2.24) is 9.80 Å². The van der Waals surface area contributed by atoms with Crippen molar-refractivity contribution in [2.24, 2.45) is 0 Å². The van der Waals surface area contributed by atoms with Crippen LogP contribution in [0, 0.1) is 0 Å². The van der Waals surface area contributed by atoms with Gasteiger partial charge in [-0.25, -0.2) is 0 Å². The number of halogens is 2. The van der Waals surface area contributed by atoms with Crippen molar-refractivity contribution in [3.63, 3.8) is 0 Å². The summed E-state index contributed by atoms with van der Waals surface area (Å²) < 4.78 is 0. The van der Waals surface area contributed by atoms with Gasteiger partial charge in [-0.15, -0.1) is 11.3 Å². The minimum absolute atomic E-state index is 0.564. The summed E-state index contributed by atoms with van der Waals surface area (Å²) in [5.74, 6) is 0. The van der Waals surface area contributed by atoms with Gasteiger partial charge in [0.25, 0.3) is 0 Å². The van der Waals surface area contributed by atoms with E-state index in [4.69, 9.17) is 35.4 Å². The molecule has 3 nitrogen and oxygen atoms in total. The number of rotatable bonds is 7. The smallest absolute Gasteiger partial charge is 0.173 e. The molecule has 0 aliphatic carbocycles. The Morgan fingerprint density at radius 2 is 2.00 bits per heavy atom.